The van der Waals surface area contributed by atoms with Gasteiger partial charge < -0.3 is 0 Å². The van der Waals surface area contributed by atoms with Crippen LogP contribution in [0, 0.1) is 0 Å². The molecule has 0 spiro atoms. The molecule has 0 saturated heterocycles. The summed E-state index contributed by atoms with van der Waals surface area (Å²) in [5, 5.41) is 0. The summed E-state index contributed by atoms with van der Waals surface area (Å²) in [5.74, 6) is 0. The lowest BCUT2D eigenvalue weighted by Gasteiger charge is -2.05. The van der Waals surface area contributed by atoms with Crippen LogP contribution >= 0.6 is 67.8 Å². The van der Waals surface area contributed by atoms with E-state index >= 15 is 0 Å². The van der Waals surface area contributed by atoms with Gasteiger partial charge in [0.05, 0.1) is 0 Å². The summed E-state index contributed by atoms with van der Waals surface area (Å²) in [6.07, 6.45) is 11.6. The van der Waals surface area contributed by atoms with Crippen LogP contribution < -0.4 is 0 Å². The van der Waals surface area contributed by atoms with E-state index in [0.29, 0.717) is 0 Å². The van der Waals surface area contributed by atoms with Gasteiger partial charge in [0.15, 0.2) is 0 Å². The Kier molecular flexibility index (Phi) is 15.3. The predicted molar refractivity (Wildman–Crippen MR) is 92.5 cm³/mol. The van der Waals surface area contributed by atoms with Crippen molar-refractivity contribution in [3.63, 3.8) is 0 Å². The molecular formula is C11H21I3. The molecule has 0 aromatic carbocycles. The van der Waals surface area contributed by atoms with Gasteiger partial charge >= 0.3 is 0 Å². The number of alkyl halides is 3. The lowest BCUT2D eigenvalue weighted by atomic mass is 10.1. The Bertz CT molecular complexity index is 107. The summed E-state index contributed by atoms with van der Waals surface area (Å²) in [4.78, 5) is 0. The van der Waals surface area contributed by atoms with E-state index in [-0.39, 0.29) is 0 Å². The molecule has 0 nitrogen and oxygen atoms in total. The zero-order chi connectivity index (χ0) is 10.6. The number of hydrogen-bond acceptors (Lipinski definition) is 0. The van der Waals surface area contributed by atoms with Crippen LogP contribution in [-0.2, 0) is 0 Å². The minimum atomic E-state index is 0.909. The fourth-order valence-corrected chi connectivity index (χ4v) is 2.84. The van der Waals surface area contributed by atoms with Crippen LogP contribution in [0.2, 0.25) is 0 Å². The molecule has 0 saturated carbocycles. The molecule has 0 rings (SSSR count). The minimum absolute atomic E-state index is 0.909. The number of rotatable bonds is 10. The maximum absolute atomic E-state index is 2.58. The molecule has 0 aliphatic heterocycles. The van der Waals surface area contributed by atoms with Crippen LogP contribution in [-0.4, -0.2) is 12.8 Å². The molecule has 0 fully saturated rings. The highest BCUT2D eigenvalue weighted by Gasteiger charge is 2.00. The normalized spacial score (nSPS) is 13.1. The second-order valence-electron chi connectivity index (χ2n) is 3.70. The maximum atomic E-state index is 2.58. The number of unbranched alkanes of at least 4 members (excludes halogenated alkanes) is 6. The first-order chi connectivity index (χ1) is 6.81. The Balaban J connectivity index is 2.92. The van der Waals surface area contributed by atoms with Crippen molar-refractivity contribution >= 4 is 67.8 Å². The lowest BCUT2D eigenvalue weighted by molar-refractivity contribution is 0.581. The Labute approximate surface area is 130 Å². The third-order valence-corrected chi connectivity index (χ3v) is 6.89. The standard InChI is InChI=1S/C11H21I3/c12-9-7-5-3-1-2-4-6-8-11(14)10-13/h11H,1-10H2. The fourth-order valence-electron chi connectivity index (χ4n) is 1.42. The van der Waals surface area contributed by atoms with Crippen LogP contribution in [0.15, 0.2) is 0 Å². The Hall–Kier alpha value is 2.19. The number of halogens is 3. The van der Waals surface area contributed by atoms with Crippen LogP contribution in [0.25, 0.3) is 0 Å². The highest BCUT2D eigenvalue weighted by atomic mass is 127. The maximum Gasteiger partial charge on any atom is 0.0199 e. The molecule has 1 atom stereocenters. The summed E-state index contributed by atoms with van der Waals surface area (Å²) in [6.45, 7) is 0. The van der Waals surface area contributed by atoms with E-state index in [2.05, 4.69) is 67.8 Å². The first-order valence-corrected chi connectivity index (χ1v) is 9.87. The van der Waals surface area contributed by atoms with Crippen molar-refractivity contribution in [3.05, 3.63) is 0 Å². The third-order valence-electron chi connectivity index (χ3n) is 2.32. The largest absolute Gasteiger partial charge is 0.0864 e. The van der Waals surface area contributed by atoms with Crippen LogP contribution in [0.3, 0.4) is 0 Å². The molecule has 0 bridgehead atoms. The topological polar surface area (TPSA) is 0 Å². The highest BCUT2D eigenvalue weighted by Crippen LogP contribution is 2.15. The first-order valence-electron chi connectivity index (χ1n) is 5.57. The van der Waals surface area contributed by atoms with Crippen molar-refractivity contribution in [3.8, 4) is 0 Å². The predicted octanol–water partition coefficient (Wildman–Crippen LogP) is 5.78. The van der Waals surface area contributed by atoms with Crippen molar-refractivity contribution in [2.75, 3.05) is 8.86 Å². The molecular weight excluding hydrogens is 513 g/mol. The van der Waals surface area contributed by atoms with Gasteiger partial charge in [-0.25, -0.2) is 0 Å². The molecule has 0 aliphatic rings. The van der Waals surface area contributed by atoms with Gasteiger partial charge in [0.25, 0.3) is 0 Å². The van der Waals surface area contributed by atoms with E-state index in [1.165, 1.54) is 60.2 Å². The van der Waals surface area contributed by atoms with Gasteiger partial charge in [-0.2, -0.15) is 0 Å². The van der Waals surface area contributed by atoms with Crippen LogP contribution in [0.5, 0.6) is 0 Å². The van der Waals surface area contributed by atoms with Crippen molar-refractivity contribution < 1.29 is 0 Å². The molecule has 0 radical (unpaired) electrons. The Morgan fingerprint density at radius 3 is 1.71 bits per heavy atom. The molecule has 0 N–H and O–H groups in total. The van der Waals surface area contributed by atoms with Crippen LogP contribution in [0.4, 0.5) is 0 Å². The molecule has 86 valence electrons. The van der Waals surface area contributed by atoms with E-state index in [1.807, 2.05) is 0 Å². The van der Waals surface area contributed by atoms with E-state index < -0.39 is 0 Å². The highest BCUT2D eigenvalue weighted by molar-refractivity contribution is 14.1. The smallest absolute Gasteiger partial charge is 0.0199 e. The second kappa shape index (κ2) is 13.3. The van der Waals surface area contributed by atoms with Gasteiger partial charge in [0.2, 0.25) is 0 Å². The summed E-state index contributed by atoms with van der Waals surface area (Å²) < 4.78 is 3.56. The SMILES string of the molecule is ICCCCCCCCCC(I)CI. The van der Waals surface area contributed by atoms with E-state index in [1.54, 1.807) is 0 Å². The lowest BCUT2D eigenvalue weighted by Crippen LogP contribution is -1.97. The molecule has 0 heterocycles. The summed E-state index contributed by atoms with van der Waals surface area (Å²) in [5.41, 5.74) is 0. The third kappa shape index (κ3) is 12.3. The fraction of sp³-hybridized carbons (Fsp3) is 1.00. The van der Waals surface area contributed by atoms with Crippen molar-refractivity contribution in [1.29, 1.82) is 0 Å². The van der Waals surface area contributed by atoms with Gasteiger partial charge in [0, 0.05) is 8.35 Å². The van der Waals surface area contributed by atoms with Gasteiger partial charge in [0.1, 0.15) is 0 Å². The van der Waals surface area contributed by atoms with Gasteiger partial charge in [-0.05, 0) is 17.3 Å². The average molecular weight is 534 g/mol. The minimum Gasteiger partial charge on any atom is -0.0864 e. The van der Waals surface area contributed by atoms with Gasteiger partial charge in [-0.1, -0.05) is 106 Å². The summed E-state index contributed by atoms with van der Waals surface area (Å²) in [6, 6.07) is 0. The quantitative estimate of drug-likeness (QED) is 0.190. The molecule has 0 aliphatic carbocycles. The van der Waals surface area contributed by atoms with Gasteiger partial charge in [-0.15, -0.1) is 0 Å². The Morgan fingerprint density at radius 2 is 1.21 bits per heavy atom. The van der Waals surface area contributed by atoms with E-state index in [9.17, 15) is 0 Å². The number of hydrogen-bond donors (Lipinski definition) is 0. The zero-order valence-corrected chi connectivity index (χ0v) is 15.3. The molecule has 14 heavy (non-hydrogen) atoms. The summed E-state index contributed by atoms with van der Waals surface area (Å²) >= 11 is 7.54. The molecule has 0 aromatic heterocycles. The molecule has 0 aromatic rings. The molecule has 0 amide bonds. The average Bonchev–Trinajstić information content (AvgIpc) is 2.21. The second-order valence-corrected chi connectivity index (χ2v) is 7.43. The first kappa shape index (κ1) is 16.2. The van der Waals surface area contributed by atoms with E-state index in [4.69, 9.17) is 0 Å². The van der Waals surface area contributed by atoms with Crippen molar-refractivity contribution in [2.24, 2.45) is 0 Å². The monoisotopic (exact) mass is 534 g/mol. The summed E-state index contributed by atoms with van der Waals surface area (Å²) in [7, 11) is 0. The Morgan fingerprint density at radius 1 is 0.714 bits per heavy atom. The van der Waals surface area contributed by atoms with Crippen molar-refractivity contribution in [1.82, 2.24) is 0 Å². The van der Waals surface area contributed by atoms with Gasteiger partial charge in [-0.3, -0.25) is 0 Å². The van der Waals surface area contributed by atoms with Crippen molar-refractivity contribution in [2.45, 2.75) is 55.3 Å². The van der Waals surface area contributed by atoms with E-state index in [0.717, 1.165) is 3.92 Å². The molecule has 1 unspecified atom stereocenters. The van der Waals surface area contributed by atoms with Crippen LogP contribution in [0.1, 0.15) is 51.4 Å². The molecule has 3 heteroatoms. The zero-order valence-electron chi connectivity index (χ0n) is 8.78.